The van der Waals surface area contributed by atoms with E-state index >= 15 is 0 Å². The van der Waals surface area contributed by atoms with Crippen LogP contribution in [0, 0.1) is 11.3 Å². The van der Waals surface area contributed by atoms with E-state index in [1.807, 2.05) is 0 Å². The van der Waals surface area contributed by atoms with E-state index in [1.165, 1.54) is 19.3 Å². The van der Waals surface area contributed by atoms with E-state index in [1.54, 1.807) is 0 Å². The second kappa shape index (κ2) is 8.77. The van der Waals surface area contributed by atoms with Gasteiger partial charge in [-0.1, -0.05) is 34.6 Å². The molecule has 21 heavy (non-hydrogen) atoms. The minimum atomic E-state index is 0.247. The normalized spacial score (nSPS) is 24.6. The zero-order chi connectivity index (χ0) is 15.9. The third-order valence-corrected chi connectivity index (χ3v) is 4.27. The van der Waals surface area contributed by atoms with E-state index in [2.05, 4.69) is 45.3 Å². The Bertz CT molecular complexity index is 301. The summed E-state index contributed by atoms with van der Waals surface area (Å²) in [5.41, 5.74) is 0.308. The maximum atomic E-state index is 12.1. The molecular weight excluding hydrogens is 260 g/mol. The predicted octanol–water partition coefficient (Wildman–Crippen LogP) is 3.88. The quantitative estimate of drug-likeness (QED) is 0.748. The monoisotopic (exact) mass is 296 g/mol. The molecule has 0 radical (unpaired) electrons. The lowest BCUT2D eigenvalue weighted by atomic mass is 9.84. The molecule has 1 aliphatic rings. The van der Waals surface area contributed by atoms with Crippen molar-refractivity contribution in [3.8, 4) is 0 Å². The first-order valence-electron chi connectivity index (χ1n) is 8.83. The molecule has 0 spiro atoms. The highest BCUT2D eigenvalue weighted by Gasteiger charge is 2.23. The Labute approximate surface area is 131 Å². The number of hydrogen-bond donors (Lipinski definition) is 2. The highest BCUT2D eigenvalue weighted by Crippen LogP contribution is 2.26. The molecule has 1 unspecified atom stereocenters. The molecule has 3 nitrogen and oxygen atoms in total. The van der Waals surface area contributed by atoms with E-state index < -0.39 is 0 Å². The Morgan fingerprint density at radius 1 is 1.14 bits per heavy atom. The minimum absolute atomic E-state index is 0.247. The fraction of sp³-hybridized carbons (Fsp3) is 0.944. The standard InChI is InChI=1S/C18H36N2O/c1-6-11-19-15-7-9-16(10-8-15)20-17(21)12-14(2)13-18(3,4)5/h14-16,19H,6-13H2,1-5H3,(H,20,21). The van der Waals surface area contributed by atoms with Gasteiger partial charge in [-0.05, 0) is 56.4 Å². The highest BCUT2D eigenvalue weighted by atomic mass is 16.1. The van der Waals surface area contributed by atoms with Crippen LogP contribution in [0.15, 0.2) is 0 Å². The minimum Gasteiger partial charge on any atom is -0.353 e. The molecule has 1 fully saturated rings. The molecule has 124 valence electrons. The van der Waals surface area contributed by atoms with Gasteiger partial charge < -0.3 is 10.6 Å². The van der Waals surface area contributed by atoms with Crippen molar-refractivity contribution in [1.29, 1.82) is 0 Å². The number of hydrogen-bond acceptors (Lipinski definition) is 2. The van der Waals surface area contributed by atoms with Gasteiger partial charge in [0, 0.05) is 18.5 Å². The fourth-order valence-electron chi connectivity index (χ4n) is 3.51. The number of amides is 1. The first-order valence-corrected chi connectivity index (χ1v) is 8.83. The summed E-state index contributed by atoms with van der Waals surface area (Å²) in [6.45, 7) is 12.2. The van der Waals surface area contributed by atoms with Crippen LogP contribution in [-0.2, 0) is 4.79 Å². The molecule has 2 N–H and O–H groups in total. The summed E-state index contributed by atoms with van der Waals surface area (Å²) in [6, 6.07) is 1.07. The lowest BCUT2D eigenvalue weighted by Crippen LogP contribution is -2.42. The number of nitrogens with one attached hydrogen (secondary N) is 2. The number of carbonyl (C=O) groups is 1. The maximum absolute atomic E-state index is 12.1. The van der Waals surface area contributed by atoms with Crippen molar-refractivity contribution in [2.75, 3.05) is 6.54 Å². The van der Waals surface area contributed by atoms with Gasteiger partial charge in [-0.2, -0.15) is 0 Å². The summed E-state index contributed by atoms with van der Waals surface area (Å²) in [6.07, 6.45) is 7.62. The van der Waals surface area contributed by atoms with Gasteiger partial charge in [-0.25, -0.2) is 0 Å². The van der Waals surface area contributed by atoms with Gasteiger partial charge in [0.1, 0.15) is 0 Å². The Morgan fingerprint density at radius 2 is 1.71 bits per heavy atom. The van der Waals surface area contributed by atoms with Crippen LogP contribution in [0.1, 0.15) is 79.6 Å². The van der Waals surface area contributed by atoms with E-state index in [0.29, 0.717) is 29.8 Å². The molecule has 0 aliphatic heterocycles. The van der Waals surface area contributed by atoms with E-state index in [9.17, 15) is 4.79 Å². The molecule has 1 rings (SSSR count). The molecule has 1 aliphatic carbocycles. The lowest BCUT2D eigenvalue weighted by Gasteiger charge is -2.30. The summed E-state index contributed by atoms with van der Waals surface area (Å²) in [5.74, 6) is 0.712. The first-order chi connectivity index (χ1) is 9.80. The van der Waals surface area contributed by atoms with Crippen molar-refractivity contribution in [1.82, 2.24) is 10.6 Å². The molecule has 1 atom stereocenters. The molecule has 0 bridgehead atoms. The molecule has 0 heterocycles. The van der Waals surface area contributed by atoms with Crippen molar-refractivity contribution >= 4 is 5.91 Å². The van der Waals surface area contributed by atoms with Crippen molar-refractivity contribution in [3.63, 3.8) is 0 Å². The van der Waals surface area contributed by atoms with Crippen molar-refractivity contribution < 1.29 is 4.79 Å². The van der Waals surface area contributed by atoms with Gasteiger partial charge in [0.25, 0.3) is 0 Å². The average Bonchev–Trinajstić information content (AvgIpc) is 2.35. The van der Waals surface area contributed by atoms with Crippen molar-refractivity contribution in [2.45, 2.75) is 91.6 Å². The zero-order valence-electron chi connectivity index (χ0n) is 14.8. The Morgan fingerprint density at radius 3 is 2.24 bits per heavy atom. The molecular formula is C18H36N2O. The summed E-state index contributed by atoms with van der Waals surface area (Å²) in [4.78, 5) is 12.1. The number of rotatable bonds is 7. The largest absolute Gasteiger partial charge is 0.353 e. The topological polar surface area (TPSA) is 41.1 Å². The van der Waals surface area contributed by atoms with Crippen LogP contribution in [0.25, 0.3) is 0 Å². The summed E-state index contributed by atoms with van der Waals surface area (Å²) < 4.78 is 0. The SMILES string of the molecule is CCCNC1CCC(NC(=O)CC(C)CC(C)(C)C)CC1. The van der Waals surface area contributed by atoms with Crippen LogP contribution < -0.4 is 10.6 Å². The Hall–Kier alpha value is -0.570. The summed E-state index contributed by atoms with van der Waals surface area (Å²) >= 11 is 0. The van der Waals surface area contributed by atoms with Gasteiger partial charge in [-0.15, -0.1) is 0 Å². The molecule has 3 heteroatoms. The smallest absolute Gasteiger partial charge is 0.220 e. The molecule has 0 aromatic rings. The first kappa shape index (κ1) is 18.5. The zero-order valence-corrected chi connectivity index (χ0v) is 14.8. The van der Waals surface area contributed by atoms with Crippen LogP contribution in [-0.4, -0.2) is 24.5 Å². The third kappa shape index (κ3) is 8.45. The van der Waals surface area contributed by atoms with Crippen LogP contribution in [0.5, 0.6) is 0 Å². The molecule has 1 saturated carbocycles. The molecule has 1 amide bonds. The van der Waals surface area contributed by atoms with Crippen LogP contribution in [0.4, 0.5) is 0 Å². The van der Waals surface area contributed by atoms with Gasteiger partial charge in [0.15, 0.2) is 0 Å². The van der Waals surface area contributed by atoms with E-state index in [0.717, 1.165) is 25.8 Å². The molecule has 0 saturated heterocycles. The number of carbonyl (C=O) groups excluding carboxylic acids is 1. The van der Waals surface area contributed by atoms with Gasteiger partial charge >= 0.3 is 0 Å². The molecule has 0 aromatic carbocycles. The predicted molar refractivity (Wildman–Crippen MR) is 90.3 cm³/mol. The van der Waals surface area contributed by atoms with E-state index in [4.69, 9.17) is 0 Å². The Balaban J connectivity index is 2.21. The fourth-order valence-corrected chi connectivity index (χ4v) is 3.51. The van der Waals surface area contributed by atoms with Crippen molar-refractivity contribution in [2.24, 2.45) is 11.3 Å². The highest BCUT2D eigenvalue weighted by molar-refractivity contribution is 5.76. The van der Waals surface area contributed by atoms with Crippen LogP contribution >= 0.6 is 0 Å². The molecule has 0 aromatic heterocycles. The van der Waals surface area contributed by atoms with Gasteiger partial charge in [0.05, 0.1) is 0 Å². The second-order valence-electron chi connectivity index (χ2n) is 8.14. The maximum Gasteiger partial charge on any atom is 0.220 e. The summed E-state index contributed by atoms with van der Waals surface area (Å²) in [7, 11) is 0. The summed E-state index contributed by atoms with van der Waals surface area (Å²) in [5, 5.41) is 6.84. The van der Waals surface area contributed by atoms with Gasteiger partial charge in [0.2, 0.25) is 5.91 Å². The lowest BCUT2D eigenvalue weighted by molar-refractivity contribution is -0.123. The van der Waals surface area contributed by atoms with Crippen LogP contribution in [0.2, 0.25) is 0 Å². The third-order valence-electron chi connectivity index (χ3n) is 4.27. The van der Waals surface area contributed by atoms with Crippen molar-refractivity contribution in [3.05, 3.63) is 0 Å². The average molecular weight is 296 g/mol. The van der Waals surface area contributed by atoms with Crippen LogP contribution in [0.3, 0.4) is 0 Å². The second-order valence-corrected chi connectivity index (χ2v) is 8.14. The van der Waals surface area contributed by atoms with E-state index in [-0.39, 0.29) is 5.91 Å². The Kier molecular flexibility index (Phi) is 7.72. The van der Waals surface area contributed by atoms with Gasteiger partial charge in [-0.3, -0.25) is 4.79 Å².